The van der Waals surface area contributed by atoms with Gasteiger partial charge in [-0.25, -0.2) is 23.4 Å². The quantitative estimate of drug-likeness (QED) is 0.0261. The highest BCUT2D eigenvalue weighted by Gasteiger charge is 2.33. The molecule has 0 saturated carbocycles. The van der Waals surface area contributed by atoms with E-state index in [1.807, 2.05) is 38.1 Å². The zero-order valence-corrected chi connectivity index (χ0v) is 62.7. The summed E-state index contributed by atoms with van der Waals surface area (Å²) in [5, 5.41) is 20.1. The molecule has 0 spiro atoms. The lowest BCUT2D eigenvalue weighted by atomic mass is 10.2. The number of sulfone groups is 1. The molecule has 0 aliphatic carbocycles. The van der Waals surface area contributed by atoms with E-state index in [-0.39, 0.29) is 55.8 Å². The third-order valence-corrected chi connectivity index (χ3v) is 21.6. The zero-order chi connectivity index (χ0) is 74.5. The molecule has 9 rings (SSSR count). The molecule has 6 aromatic carbocycles. The van der Waals surface area contributed by atoms with E-state index in [1.54, 1.807) is 140 Å². The van der Waals surface area contributed by atoms with E-state index < -0.39 is 54.5 Å². The summed E-state index contributed by atoms with van der Waals surface area (Å²) in [6, 6.07) is 32.9. The van der Waals surface area contributed by atoms with Gasteiger partial charge >= 0.3 is 6.36 Å². The number of carbonyl (C=O) groups is 1. The van der Waals surface area contributed by atoms with Crippen LogP contribution in [0.1, 0.15) is 43.6 Å². The maximum Gasteiger partial charge on any atom is 0.573 e. The summed E-state index contributed by atoms with van der Waals surface area (Å²) in [6.45, 7) is 21.0. The van der Waals surface area contributed by atoms with Crippen molar-refractivity contribution in [3.8, 4) is 28.7 Å². The molecule has 0 radical (unpaired) electrons. The number of halogens is 6. The molecule has 34 heteroatoms. The molecule has 0 aliphatic heterocycles. The highest BCUT2D eigenvalue weighted by atomic mass is 35.5. The second kappa shape index (κ2) is 33.6. The molecule has 0 saturated heterocycles. The second-order valence-corrected chi connectivity index (χ2v) is 36.9. The number of anilines is 12. The molecule has 3 aromatic heterocycles. The lowest BCUT2D eigenvalue weighted by Crippen LogP contribution is -2.19. The number of nitrogens with zero attached hydrogens (tertiary/aromatic N) is 6. The van der Waals surface area contributed by atoms with Crippen molar-refractivity contribution in [3.63, 3.8) is 0 Å². The van der Waals surface area contributed by atoms with Gasteiger partial charge in [-0.1, -0.05) is 65.6 Å². The minimum Gasteiger partial charge on any atom is -0.495 e. The molecule has 0 unspecified atom stereocenters. The third kappa shape index (κ3) is 21.9. The standard InChI is InChI=1S/C24H28ClN4O4PS.C22H26ClN4O3P.C21H20ClF3N5O4P/c1-15(2)35(31,32)22-10-8-7-9-20(22)27-23-18(16(3)25)14-26-24(29-23)28-19-12-11-17(34(5,6)30)13-21(19)33-4;1-14(2)30-19-9-7-6-8-17(19)25-21-16(23)13-24-22(27-21)26-18-11-10-15(31(4,5)28)12-20(18)29-3;1-33-16-9-12(35(2,3)32)5-7-14(16)29-20-27-10-13(22)19(30-20)28-15-6-4-11(18(26)31)8-17(15)34-21(23,24)25/h7-15H,3H2,1-2,4-6H3,(H2,26,27,28,29);6-14H,1-5H3,(H2,24,25,26,27);4-10H,1-3H3,(H2,26,31)(H2,27,28,29,30). The monoisotopic (exact) mass is 1520 g/mol. The number of benzene rings is 6. The molecular weight excluding hydrogens is 1450 g/mol. The van der Waals surface area contributed by atoms with E-state index in [1.165, 1.54) is 44.9 Å². The van der Waals surface area contributed by atoms with Crippen molar-refractivity contribution in [1.29, 1.82) is 0 Å². The number of nitrogens with one attached hydrogen (secondary N) is 6. The fourth-order valence-corrected chi connectivity index (χ4v) is 13.1. The first-order valence-corrected chi connectivity index (χ1v) is 40.6. The molecule has 101 heavy (non-hydrogen) atoms. The molecule has 1 amide bonds. The molecule has 0 aliphatic rings. The summed E-state index contributed by atoms with van der Waals surface area (Å²) >= 11 is 18.6. The van der Waals surface area contributed by atoms with E-state index in [0.29, 0.717) is 78.7 Å². The fourth-order valence-electron chi connectivity index (χ4n) is 8.85. The summed E-state index contributed by atoms with van der Waals surface area (Å²) in [5.74, 6) is 1.68. The van der Waals surface area contributed by atoms with Crippen LogP contribution in [0.3, 0.4) is 0 Å². The van der Waals surface area contributed by atoms with E-state index in [4.69, 9.17) is 59.5 Å². The molecule has 0 bridgehead atoms. The Balaban J connectivity index is 0.000000213. The Kier molecular flexibility index (Phi) is 26.3. The highest BCUT2D eigenvalue weighted by Crippen LogP contribution is 2.43. The fraction of sp³-hybridized carbons (Fsp3) is 0.239. The number of primary amides is 1. The first kappa shape index (κ1) is 79.2. The summed E-state index contributed by atoms with van der Waals surface area (Å²) in [7, 11) is -6.46. The molecule has 24 nitrogen and oxygen atoms in total. The number of hydrogen-bond donors (Lipinski definition) is 7. The topological polar surface area (TPSA) is 324 Å². The van der Waals surface area contributed by atoms with Gasteiger partial charge in [0, 0.05) is 32.7 Å². The van der Waals surface area contributed by atoms with Crippen LogP contribution in [0.2, 0.25) is 10.0 Å². The van der Waals surface area contributed by atoms with Gasteiger partial charge in [0.15, 0.2) is 27.2 Å². The van der Waals surface area contributed by atoms with Gasteiger partial charge < -0.3 is 75.0 Å². The average Bonchev–Trinajstić information content (AvgIpc) is 0.803. The molecule has 9 aromatic rings. The predicted octanol–water partition coefficient (Wildman–Crippen LogP) is 16.1. The number of nitrogens with two attached hydrogens (primary N) is 1. The largest absolute Gasteiger partial charge is 0.573 e. The van der Waals surface area contributed by atoms with Gasteiger partial charge in [-0.3, -0.25) is 4.79 Å². The SMILES string of the molecule is C=C(Cl)c1cnc(Nc2ccc(P(C)(C)=O)cc2OC)nc1Nc1ccccc1S(=O)(=O)C(C)C.COc1cc(P(C)(C)=O)ccc1Nc1ncc(Cl)c(Nc2ccc(C(N)=O)cc2OC(F)(F)F)n1.COc1cc(P(C)(C)=O)ccc1Nc1ncc(Cl)c(Nc2ccccc2OC(C)C)n1. The van der Waals surface area contributed by atoms with Crippen LogP contribution in [-0.4, -0.2) is 123 Å². The van der Waals surface area contributed by atoms with E-state index in [0.717, 1.165) is 17.1 Å². The molecule has 536 valence electrons. The van der Waals surface area contributed by atoms with Crippen molar-refractivity contribution in [2.24, 2.45) is 5.73 Å². The van der Waals surface area contributed by atoms with Crippen LogP contribution >= 0.6 is 56.2 Å². The summed E-state index contributed by atoms with van der Waals surface area (Å²) in [6.07, 6.45) is -0.775. The molecule has 8 N–H and O–H groups in total. The highest BCUT2D eigenvalue weighted by molar-refractivity contribution is 7.92. The van der Waals surface area contributed by atoms with Crippen LogP contribution in [0.25, 0.3) is 5.03 Å². The summed E-state index contributed by atoms with van der Waals surface area (Å²) < 4.78 is 128. The maximum absolute atomic E-state index is 12.9. The van der Waals surface area contributed by atoms with Gasteiger partial charge in [-0.15, -0.1) is 13.2 Å². The number of ether oxygens (including phenoxy) is 5. The minimum absolute atomic E-state index is 0.00676. The van der Waals surface area contributed by atoms with Crippen LogP contribution in [0.15, 0.2) is 151 Å². The van der Waals surface area contributed by atoms with Crippen LogP contribution in [0, 0.1) is 0 Å². The third-order valence-electron chi connectivity index (χ3n) is 14.0. The number of amides is 1. The van der Waals surface area contributed by atoms with Crippen molar-refractivity contribution >= 4 is 162 Å². The van der Waals surface area contributed by atoms with Gasteiger partial charge in [-0.2, -0.15) is 15.0 Å². The van der Waals surface area contributed by atoms with Gasteiger partial charge in [0.2, 0.25) is 23.8 Å². The summed E-state index contributed by atoms with van der Waals surface area (Å²) in [5.41, 5.74) is 7.96. The van der Waals surface area contributed by atoms with Crippen molar-refractivity contribution < 1.29 is 63.8 Å². The normalized spacial score (nSPS) is 11.6. The average molecular weight is 1530 g/mol. The zero-order valence-electron chi connectivity index (χ0n) is 56.9. The Morgan fingerprint density at radius 3 is 1.30 bits per heavy atom. The number of carbonyl (C=O) groups excluding carboxylic acids is 1. The van der Waals surface area contributed by atoms with Crippen molar-refractivity contribution in [3.05, 3.63) is 168 Å². The van der Waals surface area contributed by atoms with Crippen LogP contribution in [0.4, 0.5) is 82.6 Å². The number of rotatable bonds is 25. The van der Waals surface area contributed by atoms with E-state index in [9.17, 15) is 40.1 Å². The Morgan fingerprint density at radius 2 is 0.901 bits per heavy atom. The first-order chi connectivity index (χ1) is 47.3. The van der Waals surface area contributed by atoms with E-state index in [2.05, 4.69) is 73.1 Å². The van der Waals surface area contributed by atoms with Crippen LogP contribution in [0.5, 0.6) is 28.7 Å². The molecule has 3 heterocycles. The van der Waals surface area contributed by atoms with Crippen molar-refractivity contribution in [1.82, 2.24) is 29.9 Å². The predicted molar refractivity (Wildman–Crippen MR) is 400 cm³/mol. The Morgan fingerprint density at radius 1 is 0.525 bits per heavy atom. The minimum atomic E-state index is -5.03. The smallest absolute Gasteiger partial charge is 0.495 e. The van der Waals surface area contributed by atoms with Gasteiger partial charge in [-0.05, 0) is 165 Å². The Hall–Kier alpha value is -9.13. The lowest BCUT2D eigenvalue weighted by molar-refractivity contribution is -0.274. The number of aromatic nitrogens is 6. The van der Waals surface area contributed by atoms with Crippen LogP contribution in [-0.2, 0) is 23.5 Å². The van der Waals surface area contributed by atoms with Gasteiger partial charge in [0.1, 0.15) is 60.3 Å². The van der Waals surface area contributed by atoms with Gasteiger partial charge in [0.25, 0.3) is 0 Å². The number of methoxy groups -OCH3 is 3. The summed E-state index contributed by atoms with van der Waals surface area (Å²) in [4.78, 5) is 37.4. The number of para-hydroxylation sites is 3. The number of alkyl halides is 3. The molecular formula is C67H74Cl3F3N13O11P3S. The molecule has 0 fully saturated rings. The maximum atomic E-state index is 12.9. The first-order valence-electron chi connectivity index (χ1n) is 30.2. The van der Waals surface area contributed by atoms with Crippen LogP contribution < -0.4 is 77.2 Å². The van der Waals surface area contributed by atoms with Crippen molar-refractivity contribution in [2.75, 3.05) is 93.2 Å². The Labute approximate surface area is 598 Å². The Bertz CT molecular complexity index is 4800. The van der Waals surface area contributed by atoms with Crippen molar-refractivity contribution in [2.45, 2.75) is 50.3 Å². The number of hydrogen-bond acceptors (Lipinski definition) is 23. The van der Waals surface area contributed by atoms with Gasteiger partial charge in [0.05, 0.1) is 89.7 Å². The van der Waals surface area contributed by atoms with E-state index >= 15 is 0 Å². The molecule has 0 atom stereocenters. The second-order valence-electron chi connectivity index (χ2n) is 23.5. The lowest BCUT2D eigenvalue weighted by Gasteiger charge is -2.17.